The summed E-state index contributed by atoms with van der Waals surface area (Å²) in [6.07, 6.45) is 3.82. The Morgan fingerprint density at radius 2 is 1.67 bits per heavy atom. The monoisotopic (exact) mass is 1130 g/mol. The number of aliphatic hydroxyl groups excluding tert-OH is 1. The molecule has 4 aromatic heterocycles. The van der Waals surface area contributed by atoms with E-state index in [9.17, 15) is 38.6 Å². The number of likely N-dealkylation sites (tertiary alicyclic amines) is 1. The number of fused-ring (bicyclic) bond motifs is 1. The number of thiazole rings is 1. The molecule has 20 nitrogen and oxygen atoms in total. The molecule has 0 unspecified atom stereocenters. The van der Waals surface area contributed by atoms with Crippen molar-refractivity contribution in [3.8, 4) is 16.3 Å². The molecule has 4 atom stereocenters. The molecule has 6 aromatic rings. The molecule has 81 heavy (non-hydrogen) atoms. The zero-order valence-electron chi connectivity index (χ0n) is 47.2. The summed E-state index contributed by atoms with van der Waals surface area (Å²) in [4.78, 5) is 96.0. The van der Waals surface area contributed by atoms with E-state index in [0.29, 0.717) is 40.6 Å². The summed E-state index contributed by atoms with van der Waals surface area (Å²) in [6.45, 7) is 19.2. The van der Waals surface area contributed by atoms with E-state index in [0.717, 1.165) is 73.1 Å². The van der Waals surface area contributed by atoms with Crippen LogP contribution in [0.4, 0.5) is 21.7 Å². The predicted octanol–water partition coefficient (Wildman–Crippen LogP) is 6.17. The van der Waals surface area contributed by atoms with Crippen molar-refractivity contribution in [1.82, 2.24) is 54.6 Å². The number of rotatable bonds is 21. The van der Waals surface area contributed by atoms with Crippen LogP contribution in [0.3, 0.4) is 0 Å². The fourth-order valence-corrected chi connectivity index (χ4v) is 11.2. The normalized spacial score (nSPS) is 18.1. The maximum Gasteiger partial charge on any atom is 0.278 e. The molecule has 0 bridgehead atoms. The molecule has 4 amide bonds. The molecule has 6 heterocycles. The van der Waals surface area contributed by atoms with Gasteiger partial charge in [-0.15, -0.1) is 17.9 Å². The molecule has 3 fully saturated rings. The highest BCUT2D eigenvalue weighted by Crippen LogP contribution is 2.41. The van der Waals surface area contributed by atoms with Gasteiger partial charge in [-0.05, 0) is 106 Å². The van der Waals surface area contributed by atoms with Crippen molar-refractivity contribution in [2.24, 2.45) is 5.41 Å². The van der Waals surface area contributed by atoms with Crippen LogP contribution in [0, 0.1) is 12.3 Å². The lowest BCUT2D eigenvalue weighted by Crippen LogP contribution is -2.59. The Balaban J connectivity index is 0.779. The number of alkyl halides is 1. The number of piperazine rings is 1. The highest BCUT2D eigenvalue weighted by atomic mass is 32.1. The molecule has 3 aliphatic rings. The van der Waals surface area contributed by atoms with E-state index < -0.39 is 58.6 Å². The summed E-state index contributed by atoms with van der Waals surface area (Å²) >= 11 is 1.52. The number of halogens is 1. The van der Waals surface area contributed by atoms with Crippen molar-refractivity contribution in [2.45, 2.75) is 122 Å². The molecule has 2 aromatic carbocycles. The van der Waals surface area contributed by atoms with Gasteiger partial charge in [0.1, 0.15) is 23.1 Å². The first kappa shape index (κ1) is 58.3. The van der Waals surface area contributed by atoms with Gasteiger partial charge in [-0.1, -0.05) is 57.2 Å². The van der Waals surface area contributed by atoms with E-state index in [1.54, 1.807) is 81.0 Å². The SMILES string of the molecule is C=CCn1c(=O)c2cnc(Nc3ccc(N4CCN(CCCCN(C)C(=O)C[C@H](NC(=O)[C@@H]5C[C@@H](O)CN5C(=O)[C@@H](NC(=O)C5(F)CC5)C(C)(C)C)c5ccc(-c6scnc6C)cc5)CC4)cc3)nc2n1-c1cccc(C(C)(C)O)n1. The third-order valence-electron chi connectivity index (χ3n) is 15.4. The van der Waals surface area contributed by atoms with E-state index in [1.807, 2.05) is 43.3 Å². The number of β-amino-alcohol motifs (C(OH)–C–C–N with tert-alkyl or cyclic N) is 1. The first-order valence-corrected chi connectivity index (χ1v) is 28.6. The van der Waals surface area contributed by atoms with Crippen LogP contribution in [0.5, 0.6) is 0 Å². The number of unbranched alkanes of at least 4 members (excludes halogenated alkanes) is 1. The second kappa shape index (κ2) is 24.0. The maximum absolute atomic E-state index is 14.8. The Labute approximate surface area is 475 Å². The van der Waals surface area contributed by atoms with Crippen molar-refractivity contribution in [3.63, 3.8) is 0 Å². The molecule has 0 spiro atoms. The maximum atomic E-state index is 14.8. The van der Waals surface area contributed by atoms with Crippen LogP contribution in [0.2, 0.25) is 0 Å². The fraction of sp³-hybridized carbons (Fsp3) is 0.475. The lowest BCUT2D eigenvalue weighted by atomic mass is 9.85. The minimum Gasteiger partial charge on any atom is -0.391 e. The van der Waals surface area contributed by atoms with Crippen LogP contribution in [-0.2, 0) is 31.3 Å². The third-order valence-corrected chi connectivity index (χ3v) is 16.4. The minimum absolute atomic E-state index is 0.0439. The number of aromatic nitrogens is 6. The van der Waals surface area contributed by atoms with Crippen LogP contribution >= 0.6 is 11.3 Å². The second-order valence-corrected chi connectivity index (χ2v) is 24.0. The second-order valence-electron chi connectivity index (χ2n) is 23.2. The quantitative estimate of drug-likeness (QED) is 0.0401. The largest absolute Gasteiger partial charge is 0.391 e. The van der Waals surface area contributed by atoms with Gasteiger partial charge >= 0.3 is 0 Å². The van der Waals surface area contributed by atoms with Gasteiger partial charge in [-0.3, -0.25) is 28.9 Å². The number of hydrogen-bond donors (Lipinski definition) is 5. The third kappa shape index (κ3) is 13.4. The first-order chi connectivity index (χ1) is 38.5. The average Bonchev–Trinajstić information content (AvgIpc) is 3.64. The number of anilines is 3. The predicted molar refractivity (Wildman–Crippen MR) is 310 cm³/mol. The Morgan fingerprint density at radius 1 is 0.951 bits per heavy atom. The Morgan fingerprint density at radius 3 is 2.31 bits per heavy atom. The molecule has 9 rings (SSSR count). The van der Waals surface area contributed by atoms with E-state index in [4.69, 9.17) is 4.98 Å². The summed E-state index contributed by atoms with van der Waals surface area (Å²) in [5.74, 6) is -1.44. The van der Waals surface area contributed by atoms with Crippen LogP contribution in [0.1, 0.15) is 96.1 Å². The number of allylic oxidation sites excluding steroid dienone is 1. The zero-order chi connectivity index (χ0) is 58.0. The zero-order valence-corrected chi connectivity index (χ0v) is 48.0. The molecule has 2 aliphatic heterocycles. The van der Waals surface area contributed by atoms with Crippen LogP contribution in [0.25, 0.3) is 27.3 Å². The molecule has 1 aliphatic carbocycles. The van der Waals surface area contributed by atoms with Gasteiger partial charge in [-0.2, -0.15) is 4.98 Å². The summed E-state index contributed by atoms with van der Waals surface area (Å²) in [7, 11) is 1.76. The topological polar surface area (TPSA) is 236 Å². The number of carbonyl (C=O) groups excluding carboxylic acids is 4. The van der Waals surface area contributed by atoms with E-state index in [1.165, 1.54) is 27.1 Å². The number of aliphatic hydroxyl groups is 2. The summed E-state index contributed by atoms with van der Waals surface area (Å²) < 4.78 is 17.9. The first-order valence-electron chi connectivity index (χ1n) is 27.7. The van der Waals surface area contributed by atoms with Gasteiger partial charge in [0.2, 0.25) is 23.7 Å². The fourth-order valence-electron chi connectivity index (χ4n) is 10.4. The number of nitrogens with one attached hydrogen (secondary N) is 3. The van der Waals surface area contributed by atoms with Gasteiger partial charge in [0.05, 0.1) is 46.9 Å². The van der Waals surface area contributed by atoms with Gasteiger partial charge in [0.25, 0.3) is 11.5 Å². The van der Waals surface area contributed by atoms with Crippen molar-refractivity contribution in [2.75, 3.05) is 63.1 Å². The molecule has 430 valence electrons. The standard InChI is InChI=1S/C59H74FN13O7S/c1-9-25-72-53(77)43-34-61-56(67-51(43)73(72)47-14-12-13-46(65-47)58(6,7)80)63-40-19-21-41(22-20-40)70-30-28-69(29-31-70)27-11-10-26-68(8)48(75)33-44(38-15-17-39(18-16-38)49-37(2)62-36-81-49)64-52(76)45-32-42(74)35-71(45)54(78)50(57(3,4)5)66-55(79)59(60)23-24-59/h9,12-22,34,36,42,44-45,50,74,80H,1,10-11,23-33,35H2,2-8H3,(H,64,76)(H,66,79)(H,61,63,67)/t42-,44+,45+,50-/m1/s1. The van der Waals surface area contributed by atoms with Crippen LogP contribution in [-0.4, -0.2) is 155 Å². The lowest BCUT2D eigenvalue weighted by molar-refractivity contribution is -0.145. The Kier molecular flexibility index (Phi) is 17.2. The Hall–Kier alpha value is -7.40. The number of pyridine rings is 1. The van der Waals surface area contributed by atoms with E-state index in [2.05, 4.69) is 59.4 Å². The summed E-state index contributed by atoms with van der Waals surface area (Å²) in [6, 6.07) is 17.9. The van der Waals surface area contributed by atoms with Crippen molar-refractivity contribution in [3.05, 3.63) is 118 Å². The molecule has 2 saturated heterocycles. The summed E-state index contributed by atoms with van der Waals surface area (Å²) in [5.41, 5.74) is 2.63. The van der Waals surface area contributed by atoms with Gasteiger partial charge < -0.3 is 40.9 Å². The van der Waals surface area contributed by atoms with Crippen LogP contribution in [0.15, 0.2) is 95.9 Å². The number of nitrogens with zero attached hydrogens (tertiary/aromatic N) is 10. The smallest absolute Gasteiger partial charge is 0.278 e. The van der Waals surface area contributed by atoms with Gasteiger partial charge in [-0.25, -0.2) is 28.7 Å². The lowest BCUT2D eigenvalue weighted by Gasteiger charge is -2.36. The van der Waals surface area contributed by atoms with Gasteiger partial charge in [0.15, 0.2) is 17.1 Å². The molecule has 1 saturated carbocycles. The molecular formula is C59H74FN13O7S. The molecular weight excluding hydrogens is 1050 g/mol. The average molecular weight is 1130 g/mol. The van der Waals surface area contributed by atoms with Crippen molar-refractivity contribution in [1.29, 1.82) is 0 Å². The van der Waals surface area contributed by atoms with E-state index in [-0.39, 0.29) is 50.2 Å². The van der Waals surface area contributed by atoms with Crippen LogP contribution < -0.4 is 26.4 Å². The number of amides is 4. The number of carbonyl (C=O) groups is 4. The summed E-state index contributed by atoms with van der Waals surface area (Å²) in [5, 5.41) is 30.8. The van der Waals surface area contributed by atoms with Crippen molar-refractivity contribution >= 4 is 63.3 Å². The Bertz CT molecular complexity index is 3320. The highest BCUT2D eigenvalue weighted by molar-refractivity contribution is 7.13. The molecule has 5 N–H and O–H groups in total. The van der Waals surface area contributed by atoms with Gasteiger partial charge in [0, 0.05) is 70.3 Å². The van der Waals surface area contributed by atoms with E-state index >= 15 is 0 Å². The van der Waals surface area contributed by atoms with Crippen molar-refractivity contribution < 1.29 is 33.8 Å². The minimum atomic E-state index is -2.01. The molecule has 22 heteroatoms. The molecule has 0 radical (unpaired) electrons. The number of benzene rings is 2. The number of hydrogen-bond acceptors (Lipinski definition) is 15. The highest BCUT2D eigenvalue weighted by Gasteiger charge is 2.53. The number of aryl methyl sites for hydroxylation is 1.